The number of hydrogen-bond acceptors (Lipinski definition) is 9. The Bertz CT molecular complexity index is 1550. The van der Waals surface area contributed by atoms with Gasteiger partial charge in [0.15, 0.2) is 5.69 Å². The molecular formula is C28H28F3N7O3S. The van der Waals surface area contributed by atoms with Gasteiger partial charge in [-0.2, -0.15) is 18.2 Å². The standard InChI is InChI=1S/C28H28F3N7O3S/c1-27(2,28(29,30)31)25-37-20(24(42-25)34-16-12-13-40-14-16)21(32)41-26(33)38-22-23(39)35-18-11-7-6-10-17(18)19(36-22)15-8-4-3-5-9-15/h3-11,16,22,32,34H,12-14H2,1-2H3,(H2,33,38)(H,35,39)/t16-,22-/m1/s1. The normalized spacial score (nSPS) is 19.4. The van der Waals surface area contributed by atoms with Crippen LogP contribution in [0.2, 0.25) is 0 Å². The third-order valence-corrected chi connectivity index (χ3v) is 8.09. The zero-order valence-electron chi connectivity index (χ0n) is 22.7. The van der Waals surface area contributed by atoms with E-state index in [0.29, 0.717) is 36.6 Å². The van der Waals surface area contributed by atoms with Crippen LogP contribution in [-0.2, 0) is 19.7 Å². The van der Waals surface area contributed by atoms with Gasteiger partial charge in [0, 0.05) is 17.7 Å². The second-order valence-corrected chi connectivity index (χ2v) is 11.2. The number of rotatable bonds is 6. The quantitative estimate of drug-likeness (QED) is 0.240. The van der Waals surface area contributed by atoms with Gasteiger partial charge in [-0.3, -0.25) is 10.2 Å². The van der Waals surface area contributed by atoms with E-state index in [1.807, 2.05) is 42.5 Å². The van der Waals surface area contributed by atoms with Gasteiger partial charge in [-0.05, 0) is 26.3 Å². The van der Waals surface area contributed by atoms with E-state index in [1.165, 1.54) is 0 Å². The first kappa shape index (κ1) is 29.2. The van der Waals surface area contributed by atoms with E-state index < -0.39 is 35.6 Å². The molecule has 1 saturated heterocycles. The first-order valence-corrected chi connectivity index (χ1v) is 13.8. The number of para-hydroxylation sites is 1. The lowest BCUT2D eigenvalue weighted by Gasteiger charge is -2.25. The number of fused-ring (bicyclic) bond motifs is 1. The number of aromatic nitrogens is 1. The fourth-order valence-electron chi connectivity index (χ4n) is 4.25. The number of nitrogens with zero attached hydrogens (tertiary/aromatic N) is 3. The number of carbonyl (C=O) groups is 1. The Morgan fingerprint density at radius 3 is 2.60 bits per heavy atom. The number of hydrogen-bond donors (Lipinski definition) is 4. The third kappa shape index (κ3) is 5.99. The highest BCUT2D eigenvalue weighted by Gasteiger charge is 2.51. The molecule has 2 aromatic carbocycles. The summed E-state index contributed by atoms with van der Waals surface area (Å²) in [6.45, 7) is 2.89. The zero-order valence-corrected chi connectivity index (χ0v) is 23.5. The molecule has 0 bridgehead atoms. The smallest absolute Gasteiger partial charge is 0.400 e. The van der Waals surface area contributed by atoms with Crippen molar-refractivity contribution in [3.63, 3.8) is 0 Å². The van der Waals surface area contributed by atoms with Crippen molar-refractivity contribution in [1.82, 2.24) is 4.98 Å². The number of halogens is 3. The van der Waals surface area contributed by atoms with Crippen molar-refractivity contribution >= 4 is 45.6 Å². The fraction of sp³-hybridized carbons (Fsp3) is 0.321. The minimum absolute atomic E-state index is 0.163. The molecule has 2 aliphatic heterocycles. The van der Waals surface area contributed by atoms with Crippen LogP contribution in [0.3, 0.4) is 0 Å². The number of amides is 1. The van der Waals surface area contributed by atoms with Gasteiger partial charge >= 0.3 is 6.18 Å². The van der Waals surface area contributed by atoms with Crippen molar-refractivity contribution in [2.45, 2.75) is 44.1 Å². The molecule has 0 saturated carbocycles. The Morgan fingerprint density at radius 1 is 1.19 bits per heavy atom. The van der Waals surface area contributed by atoms with Gasteiger partial charge in [-0.15, -0.1) is 0 Å². The van der Waals surface area contributed by atoms with E-state index in [2.05, 4.69) is 25.6 Å². The number of anilines is 2. The van der Waals surface area contributed by atoms with Crippen LogP contribution in [-0.4, -0.2) is 60.1 Å². The van der Waals surface area contributed by atoms with Gasteiger partial charge in [0.2, 0.25) is 12.1 Å². The van der Waals surface area contributed by atoms with Crippen LogP contribution in [0.4, 0.5) is 23.9 Å². The predicted molar refractivity (Wildman–Crippen MR) is 155 cm³/mol. The highest BCUT2D eigenvalue weighted by atomic mass is 32.1. The number of nitrogens with two attached hydrogens (primary N) is 1. The molecule has 1 aromatic heterocycles. The monoisotopic (exact) mass is 599 g/mol. The molecule has 0 radical (unpaired) electrons. The van der Waals surface area contributed by atoms with Gasteiger partial charge in [-0.1, -0.05) is 59.9 Å². The number of amidine groups is 1. The van der Waals surface area contributed by atoms with Gasteiger partial charge in [0.25, 0.3) is 11.9 Å². The molecule has 220 valence electrons. The summed E-state index contributed by atoms with van der Waals surface area (Å²) in [6, 6.07) is 15.6. The summed E-state index contributed by atoms with van der Waals surface area (Å²) in [5.41, 5.74) is 6.00. The molecule has 42 heavy (non-hydrogen) atoms. The maximum Gasteiger partial charge on any atom is 0.400 e. The summed E-state index contributed by atoms with van der Waals surface area (Å²) in [5.74, 6) is -1.22. The topological polar surface area (TPSA) is 147 Å². The summed E-state index contributed by atoms with van der Waals surface area (Å²) in [7, 11) is 0. The van der Waals surface area contributed by atoms with Gasteiger partial charge in [0.1, 0.15) is 15.4 Å². The summed E-state index contributed by atoms with van der Waals surface area (Å²) < 4.78 is 52.2. The molecule has 1 fully saturated rings. The second-order valence-electron chi connectivity index (χ2n) is 10.2. The van der Waals surface area contributed by atoms with Gasteiger partial charge in [-0.25, -0.2) is 9.98 Å². The van der Waals surface area contributed by atoms with Crippen LogP contribution in [0.5, 0.6) is 0 Å². The van der Waals surface area contributed by atoms with Crippen molar-refractivity contribution in [2.24, 2.45) is 15.7 Å². The Kier molecular flexibility index (Phi) is 8.01. The molecule has 1 amide bonds. The number of thiazole rings is 1. The zero-order chi connectivity index (χ0) is 30.1. The number of nitrogens with one attached hydrogen (secondary N) is 3. The lowest BCUT2D eigenvalue weighted by Crippen LogP contribution is -2.36. The first-order chi connectivity index (χ1) is 19.9. The Hall–Kier alpha value is -4.30. The van der Waals surface area contributed by atoms with E-state index in [-0.39, 0.29) is 21.7 Å². The van der Waals surface area contributed by atoms with E-state index in [0.717, 1.165) is 30.7 Å². The minimum atomic E-state index is -4.59. The lowest BCUT2D eigenvalue weighted by molar-refractivity contribution is -0.180. The molecule has 3 aromatic rings. The molecule has 5 N–H and O–H groups in total. The van der Waals surface area contributed by atoms with Gasteiger partial charge in [0.05, 0.1) is 24.0 Å². The van der Waals surface area contributed by atoms with Crippen molar-refractivity contribution in [2.75, 3.05) is 23.8 Å². The molecule has 14 heteroatoms. The molecule has 0 aliphatic carbocycles. The maximum absolute atomic E-state index is 13.8. The average molecular weight is 600 g/mol. The minimum Gasteiger partial charge on any atom is -0.405 e. The molecule has 0 unspecified atom stereocenters. The third-order valence-electron chi connectivity index (χ3n) is 6.78. The highest BCUT2D eigenvalue weighted by molar-refractivity contribution is 7.16. The number of aliphatic imine (C=N–C) groups is 2. The number of benzodiazepines with no additional fused rings is 1. The molecule has 3 heterocycles. The van der Waals surface area contributed by atoms with Crippen molar-refractivity contribution in [3.8, 4) is 0 Å². The summed E-state index contributed by atoms with van der Waals surface area (Å²) in [5, 5.41) is 14.4. The number of ether oxygens (including phenoxy) is 2. The Labute approximate surface area is 243 Å². The SMILES string of the molecule is CC(C)(c1nc(C(=N)O/C(N)=N/[C@H]2N=C(c3ccccc3)c3ccccc3NC2=O)c(N[C@@H]2CCOC2)s1)C(F)(F)F. The first-order valence-electron chi connectivity index (χ1n) is 13.0. The van der Waals surface area contributed by atoms with E-state index in [4.69, 9.17) is 20.6 Å². The largest absolute Gasteiger partial charge is 0.405 e. The average Bonchev–Trinajstić information content (AvgIpc) is 3.59. The van der Waals surface area contributed by atoms with Crippen LogP contribution in [0.1, 0.15) is 42.1 Å². The van der Waals surface area contributed by atoms with Crippen LogP contribution in [0, 0.1) is 5.41 Å². The van der Waals surface area contributed by atoms with E-state index in [1.54, 1.807) is 12.1 Å². The van der Waals surface area contributed by atoms with Crippen LogP contribution < -0.4 is 16.4 Å². The van der Waals surface area contributed by atoms with Gasteiger partial charge < -0.3 is 25.8 Å². The maximum atomic E-state index is 13.8. The Morgan fingerprint density at radius 2 is 1.90 bits per heavy atom. The molecular weight excluding hydrogens is 571 g/mol. The molecule has 2 atom stereocenters. The molecule has 2 aliphatic rings. The van der Waals surface area contributed by atoms with E-state index >= 15 is 0 Å². The molecule has 0 spiro atoms. The Balaban J connectivity index is 1.45. The van der Waals surface area contributed by atoms with E-state index in [9.17, 15) is 18.0 Å². The van der Waals surface area contributed by atoms with Crippen LogP contribution in [0.15, 0.2) is 64.6 Å². The molecule has 5 rings (SSSR count). The molecule has 10 nitrogen and oxygen atoms in total. The second kappa shape index (κ2) is 11.5. The summed E-state index contributed by atoms with van der Waals surface area (Å²) in [4.78, 5) is 25.9. The van der Waals surface area contributed by atoms with Crippen molar-refractivity contribution in [3.05, 3.63) is 76.4 Å². The summed E-state index contributed by atoms with van der Waals surface area (Å²) >= 11 is 0.780. The lowest BCUT2D eigenvalue weighted by atomic mass is 9.94. The number of benzene rings is 2. The van der Waals surface area contributed by atoms with Crippen LogP contribution in [0.25, 0.3) is 0 Å². The summed E-state index contributed by atoms with van der Waals surface area (Å²) in [6.07, 6.45) is -5.32. The predicted octanol–water partition coefficient (Wildman–Crippen LogP) is 4.66. The van der Waals surface area contributed by atoms with Crippen LogP contribution >= 0.6 is 11.3 Å². The van der Waals surface area contributed by atoms with Crippen molar-refractivity contribution in [1.29, 1.82) is 5.41 Å². The highest BCUT2D eigenvalue weighted by Crippen LogP contribution is 2.44. The number of carbonyl (C=O) groups excluding carboxylic acids is 1. The van der Waals surface area contributed by atoms with Crippen molar-refractivity contribution < 1.29 is 27.4 Å². The number of alkyl halides is 3. The fourth-order valence-corrected chi connectivity index (χ4v) is 5.42.